The second-order valence-corrected chi connectivity index (χ2v) is 6.83. The first-order chi connectivity index (χ1) is 11.8. The number of aryl methyl sites for hydroxylation is 1. The molecule has 0 unspecified atom stereocenters. The third-order valence-electron chi connectivity index (χ3n) is 5.01. The van der Waals surface area contributed by atoms with Crippen LogP contribution in [0.5, 0.6) is 5.75 Å². The number of pyridine rings is 1. The Balaban J connectivity index is 1.80. The van der Waals surface area contributed by atoms with Gasteiger partial charge in [-0.15, -0.1) is 0 Å². The largest absolute Gasteiger partial charge is 0.493 e. The number of nitrogens with one attached hydrogen (secondary N) is 1. The fourth-order valence-electron chi connectivity index (χ4n) is 3.79. The Kier molecular flexibility index (Phi) is 4.05. The predicted octanol–water partition coefficient (Wildman–Crippen LogP) is 5.08. The summed E-state index contributed by atoms with van der Waals surface area (Å²) < 4.78 is 8.07. The van der Waals surface area contributed by atoms with E-state index in [1.54, 1.807) is 0 Å². The molecular weight excluding hydrogens is 298 g/mol. The van der Waals surface area contributed by atoms with Gasteiger partial charge in [-0.05, 0) is 38.3 Å². The minimum atomic E-state index is 0.583. The maximum atomic E-state index is 5.96. The summed E-state index contributed by atoms with van der Waals surface area (Å²) in [5.74, 6) is 1.54. The van der Waals surface area contributed by atoms with Gasteiger partial charge in [-0.25, -0.2) is 0 Å². The third kappa shape index (κ3) is 2.70. The Bertz CT molecular complexity index is 840. The highest BCUT2D eigenvalue weighted by Gasteiger charge is 2.21. The van der Waals surface area contributed by atoms with Crippen molar-refractivity contribution < 1.29 is 4.74 Å². The molecule has 126 valence electrons. The van der Waals surface area contributed by atoms with Crippen molar-refractivity contribution in [1.82, 2.24) is 14.6 Å². The van der Waals surface area contributed by atoms with Crippen LogP contribution >= 0.6 is 0 Å². The van der Waals surface area contributed by atoms with Crippen molar-refractivity contribution in [2.45, 2.75) is 51.9 Å². The van der Waals surface area contributed by atoms with Crippen LogP contribution in [0.25, 0.3) is 16.8 Å². The van der Waals surface area contributed by atoms with Gasteiger partial charge >= 0.3 is 0 Å². The summed E-state index contributed by atoms with van der Waals surface area (Å²) in [5.41, 5.74) is 5.76. The van der Waals surface area contributed by atoms with Gasteiger partial charge in [0.25, 0.3) is 0 Å². The molecule has 1 saturated carbocycles. The zero-order chi connectivity index (χ0) is 16.5. The normalized spacial score (nSPS) is 15.4. The van der Waals surface area contributed by atoms with Crippen molar-refractivity contribution in [1.29, 1.82) is 0 Å². The Morgan fingerprint density at radius 1 is 1.25 bits per heavy atom. The van der Waals surface area contributed by atoms with Crippen molar-refractivity contribution in [3.8, 4) is 17.0 Å². The quantitative estimate of drug-likeness (QED) is 0.711. The van der Waals surface area contributed by atoms with Crippen LogP contribution in [-0.2, 0) is 0 Å². The molecule has 3 aromatic heterocycles. The van der Waals surface area contributed by atoms with Gasteiger partial charge in [0.05, 0.1) is 17.8 Å². The van der Waals surface area contributed by atoms with E-state index in [1.165, 1.54) is 48.2 Å². The van der Waals surface area contributed by atoms with E-state index >= 15 is 0 Å². The minimum Gasteiger partial charge on any atom is -0.493 e. The van der Waals surface area contributed by atoms with Gasteiger partial charge in [0.2, 0.25) is 0 Å². The number of ether oxygens (including phenoxy) is 1. The molecule has 0 radical (unpaired) electrons. The number of H-pyrrole nitrogens is 1. The first kappa shape index (κ1) is 15.3. The summed E-state index contributed by atoms with van der Waals surface area (Å²) >= 11 is 0. The lowest BCUT2D eigenvalue weighted by atomic mass is 10.0. The fourth-order valence-corrected chi connectivity index (χ4v) is 3.79. The maximum absolute atomic E-state index is 5.96. The molecule has 0 amide bonds. The van der Waals surface area contributed by atoms with Gasteiger partial charge < -0.3 is 9.84 Å². The number of hydrogen-bond acceptors (Lipinski definition) is 2. The lowest BCUT2D eigenvalue weighted by molar-refractivity contribution is 0.316. The molecule has 1 N–H and O–H groups in total. The van der Waals surface area contributed by atoms with Crippen LogP contribution in [0.3, 0.4) is 0 Å². The van der Waals surface area contributed by atoms with Crippen molar-refractivity contribution >= 4 is 5.52 Å². The molecule has 0 saturated heterocycles. The summed E-state index contributed by atoms with van der Waals surface area (Å²) in [6.07, 6.45) is 8.12. The highest BCUT2D eigenvalue weighted by Crippen LogP contribution is 2.37. The molecule has 24 heavy (non-hydrogen) atoms. The summed E-state index contributed by atoms with van der Waals surface area (Å²) in [6.45, 7) is 5.00. The van der Waals surface area contributed by atoms with E-state index in [2.05, 4.69) is 47.7 Å². The number of rotatable bonds is 5. The molecule has 1 aliphatic rings. The van der Waals surface area contributed by atoms with Gasteiger partial charge in [0.1, 0.15) is 5.75 Å². The van der Waals surface area contributed by atoms with E-state index in [4.69, 9.17) is 9.72 Å². The van der Waals surface area contributed by atoms with Gasteiger partial charge in [-0.2, -0.15) is 0 Å². The molecule has 3 aromatic rings. The first-order valence-electron chi connectivity index (χ1n) is 9.07. The van der Waals surface area contributed by atoms with Crippen LogP contribution in [0.15, 0.2) is 30.5 Å². The molecule has 0 spiro atoms. The average Bonchev–Trinajstić information content (AvgIpc) is 3.32. The molecule has 4 heteroatoms. The average molecular weight is 323 g/mol. The van der Waals surface area contributed by atoms with Crippen LogP contribution in [0.1, 0.15) is 56.3 Å². The third-order valence-corrected chi connectivity index (χ3v) is 5.01. The molecule has 1 aliphatic carbocycles. The number of fused-ring (bicyclic) bond motifs is 1. The zero-order valence-corrected chi connectivity index (χ0v) is 14.5. The number of aromatic nitrogens is 3. The van der Waals surface area contributed by atoms with Crippen LogP contribution in [0.2, 0.25) is 0 Å². The Hall–Kier alpha value is -2.23. The molecule has 3 heterocycles. The van der Waals surface area contributed by atoms with Crippen LogP contribution in [0.4, 0.5) is 0 Å². The Morgan fingerprint density at radius 3 is 2.88 bits per heavy atom. The Labute approximate surface area is 142 Å². The SMILES string of the molecule is CCCOc1cc(-c2cc(C)n3[nH]ccc23)nc(C2CCCC2)c1. The van der Waals surface area contributed by atoms with Crippen molar-refractivity contribution in [3.05, 3.63) is 41.9 Å². The molecule has 1 fully saturated rings. The van der Waals surface area contributed by atoms with E-state index in [0.29, 0.717) is 5.92 Å². The molecule has 0 bridgehead atoms. The lowest BCUT2D eigenvalue weighted by Crippen LogP contribution is -2.02. The molecule has 0 aliphatic heterocycles. The summed E-state index contributed by atoms with van der Waals surface area (Å²) in [5, 5.41) is 3.25. The zero-order valence-electron chi connectivity index (χ0n) is 14.5. The van der Waals surface area contributed by atoms with Gasteiger partial charge in [-0.3, -0.25) is 9.50 Å². The van der Waals surface area contributed by atoms with Crippen molar-refractivity contribution in [3.63, 3.8) is 0 Å². The first-order valence-corrected chi connectivity index (χ1v) is 9.07. The summed E-state index contributed by atoms with van der Waals surface area (Å²) in [7, 11) is 0. The lowest BCUT2D eigenvalue weighted by Gasteiger charge is -2.13. The summed E-state index contributed by atoms with van der Waals surface area (Å²) in [4.78, 5) is 5.03. The molecule has 0 atom stereocenters. The van der Waals surface area contributed by atoms with Crippen LogP contribution < -0.4 is 4.74 Å². The standard InChI is InChI=1S/C20H25N3O/c1-3-10-24-16-12-18(15-6-4-5-7-15)22-19(13-16)17-11-14(2)23-20(17)8-9-21-23/h8-9,11-13,15,21H,3-7,10H2,1-2H3. The van der Waals surface area contributed by atoms with E-state index in [0.717, 1.165) is 24.5 Å². The highest BCUT2D eigenvalue weighted by molar-refractivity contribution is 5.80. The summed E-state index contributed by atoms with van der Waals surface area (Å²) in [6, 6.07) is 8.57. The molecule has 0 aromatic carbocycles. The smallest absolute Gasteiger partial charge is 0.123 e. The van der Waals surface area contributed by atoms with Gasteiger partial charge in [-0.1, -0.05) is 19.8 Å². The van der Waals surface area contributed by atoms with Gasteiger partial charge in [0, 0.05) is 41.2 Å². The molecule has 4 nitrogen and oxygen atoms in total. The number of hydrogen-bond donors (Lipinski definition) is 1. The van der Waals surface area contributed by atoms with E-state index < -0.39 is 0 Å². The molecular formula is C20H25N3O. The highest BCUT2D eigenvalue weighted by atomic mass is 16.5. The number of aromatic amines is 1. The van der Waals surface area contributed by atoms with Crippen molar-refractivity contribution in [2.24, 2.45) is 0 Å². The minimum absolute atomic E-state index is 0.583. The van der Waals surface area contributed by atoms with E-state index in [9.17, 15) is 0 Å². The number of nitrogens with zero attached hydrogens (tertiary/aromatic N) is 2. The topological polar surface area (TPSA) is 42.3 Å². The fraction of sp³-hybridized carbons (Fsp3) is 0.450. The van der Waals surface area contributed by atoms with Crippen molar-refractivity contribution in [2.75, 3.05) is 6.61 Å². The van der Waals surface area contributed by atoms with Crippen LogP contribution in [-0.4, -0.2) is 21.2 Å². The maximum Gasteiger partial charge on any atom is 0.123 e. The van der Waals surface area contributed by atoms with Gasteiger partial charge in [0.15, 0.2) is 0 Å². The Morgan fingerprint density at radius 2 is 2.08 bits per heavy atom. The monoisotopic (exact) mass is 323 g/mol. The second-order valence-electron chi connectivity index (χ2n) is 6.83. The van der Waals surface area contributed by atoms with Crippen LogP contribution in [0, 0.1) is 6.92 Å². The molecule has 4 rings (SSSR count). The van der Waals surface area contributed by atoms with E-state index in [-0.39, 0.29) is 0 Å². The second kappa shape index (κ2) is 6.34. The van der Waals surface area contributed by atoms with E-state index in [1.807, 2.05) is 6.20 Å². The predicted molar refractivity (Wildman–Crippen MR) is 96.7 cm³/mol.